The summed E-state index contributed by atoms with van der Waals surface area (Å²) in [4.78, 5) is 13.3. The second-order valence-corrected chi connectivity index (χ2v) is 3.60. The molecule has 0 bridgehead atoms. The van der Waals surface area contributed by atoms with Gasteiger partial charge in [-0.25, -0.2) is 0 Å². The monoisotopic (exact) mass is 243 g/mol. The van der Waals surface area contributed by atoms with Crippen LogP contribution in [-0.2, 0) is 4.79 Å². The van der Waals surface area contributed by atoms with Gasteiger partial charge in [0.1, 0.15) is 0 Å². The molecule has 0 aromatic carbocycles. The first-order valence-electron chi connectivity index (χ1n) is 5.95. The largest absolute Gasteiger partial charge is 0.340 e. The first kappa shape index (κ1) is 16.0. The van der Waals surface area contributed by atoms with Crippen molar-refractivity contribution in [1.29, 1.82) is 0 Å². The van der Waals surface area contributed by atoms with E-state index in [1.165, 1.54) is 6.08 Å². The SMILES string of the molecule is C=CC(=C)C(=C)C=C=C/C=C/C(=O)N(CC)CC. The van der Waals surface area contributed by atoms with Gasteiger partial charge in [0.25, 0.3) is 0 Å². The van der Waals surface area contributed by atoms with E-state index < -0.39 is 0 Å². The van der Waals surface area contributed by atoms with E-state index in [1.807, 2.05) is 13.8 Å². The van der Waals surface area contributed by atoms with Crippen LogP contribution >= 0.6 is 0 Å². The molecule has 0 aromatic heterocycles. The summed E-state index contributed by atoms with van der Waals surface area (Å²) in [6.45, 7) is 16.5. The maximum absolute atomic E-state index is 11.6. The third kappa shape index (κ3) is 5.88. The van der Waals surface area contributed by atoms with Crippen molar-refractivity contribution in [3.63, 3.8) is 0 Å². The average molecular weight is 243 g/mol. The fourth-order valence-corrected chi connectivity index (χ4v) is 1.20. The number of amides is 1. The molecule has 1 amide bonds. The van der Waals surface area contributed by atoms with Crippen LogP contribution < -0.4 is 0 Å². The van der Waals surface area contributed by atoms with E-state index >= 15 is 0 Å². The van der Waals surface area contributed by atoms with Gasteiger partial charge in [-0.1, -0.05) is 25.8 Å². The van der Waals surface area contributed by atoms with E-state index in [-0.39, 0.29) is 5.91 Å². The highest BCUT2D eigenvalue weighted by Crippen LogP contribution is 2.05. The second-order valence-electron chi connectivity index (χ2n) is 3.60. The smallest absolute Gasteiger partial charge is 0.246 e. The fraction of sp³-hybridized carbons (Fsp3) is 0.250. The van der Waals surface area contributed by atoms with Gasteiger partial charge in [0.15, 0.2) is 0 Å². The topological polar surface area (TPSA) is 20.3 Å². The molecular weight excluding hydrogens is 222 g/mol. The molecule has 2 nitrogen and oxygen atoms in total. The van der Waals surface area contributed by atoms with Gasteiger partial charge in [0.05, 0.1) is 0 Å². The van der Waals surface area contributed by atoms with Crippen LogP contribution in [0.3, 0.4) is 0 Å². The van der Waals surface area contributed by atoms with Crippen molar-refractivity contribution < 1.29 is 4.79 Å². The second kappa shape index (κ2) is 9.03. The Morgan fingerprint density at radius 1 is 1.22 bits per heavy atom. The third-order valence-electron chi connectivity index (χ3n) is 2.42. The Balaban J connectivity index is 4.44. The lowest BCUT2D eigenvalue weighted by atomic mass is 10.1. The molecule has 0 aromatic rings. The molecule has 0 saturated heterocycles. The molecule has 0 rings (SSSR count). The molecule has 0 atom stereocenters. The molecule has 0 aliphatic rings. The van der Waals surface area contributed by atoms with Crippen LogP contribution in [0.25, 0.3) is 0 Å². The minimum absolute atomic E-state index is 0.00683. The van der Waals surface area contributed by atoms with Gasteiger partial charge in [0.2, 0.25) is 5.91 Å². The van der Waals surface area contributed by atoms with E-state index in [0.29, 0.717) is 0 Å². The summed E-state index contributed by atoms with van der Waals surface area (Å²) in [6.07, 6.45) is 8.21. The summed E-state index contributed by atoms with van der Waals surface area (Å²) >= 11 is 0. The van der Waals surface area contributed by atoms with Crippen molar-refractivity contribution in [2.75, 3.05) is 13.1 Å². The molecule has 2 heteroatoms. The Bertz CT molecular complexity index is 416. The number of nitrogens with zero attached hydrogens (tertiary/aromatic N) is 1. The summed E-state index contributed by atoms with van der Waals surface area (Å²) in [5, 5.41) is 0. The molecular formula is C16H21NO. The molecule has 0 unspecified atom stereocenters. The van der Waals surface area contributed by atoms with E-state index in [4.69, 9.17) is 0 Å². The van der Waals surface area contributed by atoms with Crippen LogP contribution in [-0.4, -0.2) is 23.9 Å². The molecule has 0 aliphatic heterocycles. The van der Waals surface area contributed by atoms with Crippen LogP contribution in [0.2, 0.25) is 0 Å². The molecule has 0 N–H and O–H groups in total. The number of hydrogen-bond donors (Lipinski definition) is 0. The van der Waals surface area contributed by atoms with Gasteiger partial charge in [0, 0.05) is 19.2 Å². The molecule has 18 heavy (non-hydrogen) atoms. The lowest BCUT2D eigenvalue weighted by Gasteiger charge is -2.15. The molecule has 0 aliphatic carbocycles. The minimum Gasteiger partial charge on any atom is -0.340 e. The van der Waals surface area contributed by atoms with Crippen LogP contribution in [0.5, 0.6) is 0 Å². The van der Waals surface area contributed by atoms with Crippen LogP contribution in [0.15, 0.2) is 67.0 Å². The van der Waals surface area contributed by atoms with E-state index in [9.17, 15) is 4.79 Å². The van der Waals surface area contributed by atoms with Gasteiger partial charge in [-0.15, -0.1) is 5.73 Å². The van der Waals surface area contributed by atoms with E-state index in [0.717, 1.165) is 24.2 Å². The zero-order valence-electron chi connectivity index (χ0n) is 11.3. The van der Waals surface area contributed by atoms with Crippen molar-refractivity contribution in [2.45, 2.75) is 13.8 Å². The number of rotatable bonds is 7. The summed E-state index contributed by atoms with van der Waals surface area (Å²) in [6, 6.07) is 0. The number of carbonyl (C=O) groups excluding carboxylic acids is 1. The molecule has 0 heterocycles. The average Bonchev–Trinajstić information content (AvgIpc) is 2.38. The zero-order chi connectivity index (χ0) is 14.0. The summed E-state index contributed by atoms with van der Waals surface area (Å²) in [5.74, 6) is 0.00683. The Morgan fingerprint density at radius 2 is 1.83 bits per heavy atom. The lowest BCUT2D eigenvalue weighted by Crippen LogP contribution is -2.28. The van der Waals surface area contributed by atoms with Gasteiger partial charge < -0.3 is 4.90 Å². The predicted molar refractivity (Wildman–Crippen MR) is 78.2 cm³/mol. The van der Waals surface area contributed by atoms with Crippen LogP contribution in [0, 0.1) is 0 Å². The van der Waals surface area contributed by atoms with Crippen molar-refractivity contribution in [3.8, 4) is 0 Å². The maximum atomic E-state index is 11.6. The standard InChI is InChI=1S/C16H21NO/c1-6-14(4)15(5)12-10-9-11-13-16(18)17(7-2)8-3/h6,9,11-13H,1,4-5,7-8H2,2-3H3/b13-11+. The van der Waals surface area contributed by atoms with E-state index in [2.05, 4.69) is 25.5 Å². The molecule has 0 saturated carbocycles. The highest BCUT2D eigenvalue weighted by atomic mass is 16.2. The maximum Gasteiger partial charge on any atom is 0.246 e. The van der Waals surface area contributed by atoms with Crippen molar-refractivity contribution in [2.24, 2.45) is 0 Å². The zero-order valence-corrected chi connectivity index (χ0v) is 11.3. The van der Waals surface area contributed by atoms with E-state index in [1.54, 1.807) is 29.2 Å². The first-order chi connectivity index (χ1) is 8.56. The van der Waals surface area contributed by atoms with Crippen LogP contribution in [0.1, 0.15) is 13.8 Å². The number of hydrogen-bond acceptors (Lipinski definition) is 1. The summed E-state index contributed by atoms with van der Waals surface area (Å²) < 4.78 is 0. The number of likely N-dealkylation sites (N-methyl/N-ethyl adjacent to an activating group) is 1. The number of carbonyl (C=O) groups is 1. The lowest BCUT2D eigenvalue weighted by molar-refractivity contribution is -0.125. The molecule has 0 fully saturated rings. The number of allylic oxidation sites excluding steroid dienone is 5. The molecule has 0 radical (unpaired) electrons. The quantitative estimate of drug-likeness (QED) is 0.381. The van der Waals surface area contributed by atoms with Gasteiger partial charge >= 0.3 is 0 Å². The molecule has 96 valence electrons. The fourth-order valence-electron chi connectivity index (χ4n) is 1.20. The Hall–Kier alpha value is -2.05. The normalized spacial score (nSPS) is 9.44. The van der Waals surface area contributed by atoms with Crippen molar-refractivity contribution in [1.82, 2.24) is 4.90 Å². The Morgan fingerprint density at radius 3 is 2.33 bits per heavy atom. The highest BCUT2D eigenvalue weighted by molar-refractivity contribution is 5.87. The van der Waals surface area contributed by atoms with Crippen molar-refractivity contribution in [3.05, 3.63) is 67.0 Å². The predicted octanol–water partition coefficient (Wildman–Crippen LogP) is 3.42. The molecule has 0 spiro atoms. The summed E-state index contributed by atoms with van der Waals surface area (Å²) in [5.41, 5.74) is 4.43. The van der Waals surface area contributed by atoms with Gasteiger partial charge in [-0.3, -0.25) is 4.79 Å². The Kier molecular flexibility index (Phi) is 8.00. The highest BCUT2D eigenvalue weighted by Gasteiger charge is 2.03. The Labute approximate surface area is 110 Å². The van der Waals surface area contributed by atoms with Crippen LogP contribution in [0.4, 0.5) is 0 Å². The van der Waals surface area contributed by atoms with Gasteiger partial charge in [-0.2, -0.15) is 0 Å². The minimum atomic E-state index is 0.00683. The van der Waals surface area contributed by atoms with Gasteiger partial charge in [-0.05, 0) is 43.2 Å². The first-order valence-corrected chi connectivity index (χ1v) is 5.95. The summed E-state index contributed by atoms with van der Waals surface area (Å²) in [7, 11) is 0. The van der Waals surface area contributed by atoms with Crippen molar-refractivity contribution >= 4 is 5.91 Å². The third-order valence-corrected chi connectivity index (χ3v) is 2.42.